The smallest absolute Gasteiger partial charge is 0.256 e. The molecule has 0 aliphatic rings. The molecule has 0 aliphatic carbocycles. The van der Waals surface area contributed by atoms with Crippen LogP contribution in [-0.4, -0.2) is 31.6 Å². The summed E-state index contributed by atoms with van der Waals surface area (Å²) in [5.74, 6) is 0.330. The van der Waals surface area contributed by atoms with Gasteiger partial charge in [0.2, 0.25) is 11.5 Å². The van der Waals surface area contributed by atoms with Crippen molar-refractivity contribution in [3.8, 4) is 5.75 Å². The van der Waals surface area contributed by atoms with E-state index >= 15 is 0 Å². The minimum Gasteiger partial charge on any atom is -0.508 e. The highest BCUT2D eigenvalue weighted by Gasteiger charge is 2.19. The number of aryl methyl sites for hydroxylation is 3. The van der Waals surface area contributed by atoms with Gasteiger partial charge in [0.1, 0.15) is 5.75 Å². The van der Waals surface area contributed by atoms with Gasteiger partial charge in [-0.25, -0.2) is 4.98 Å². The van der Waals surface area contributed by atoms with Crippen LogP contribution in [0.4, 0.5) is 5.95 Å². The number of nitrogens with one attached hydrogen (secondary N) is 3. The Balaban J connectivity index is 1.40. The van der Waals surface area contributed by atoms with Crippen LogP contribution in [0, 0.1) is 6.92 Å². The van der Waals surface area contributed by atoms with Gasteiger partial charge in [0.05, 0.1) is 0 Å². The van der Waals surface area contributed by atoms with Crippen molar-refractivity contribution in [2.24, 2.45) is 0 Å². The van der Waals surface area contributed by atoms with Crippen molar-refractivity contribution >= 4 is 21.9 Å². The topological polar surface area (TPSA) is 124 Å². The minimum atomic E-state index is -0.303. The lowest BCUT2D eigenvalue weighted by atomic mass is 9.88. The van der Waals surface area contributed by atoms with Crippen molar-refractivity contribution in [1.29, 1.82) is 0 Å². The van der Waals surface area contributed by atoms with Crippen LogP contribution in [0.2, 0.25) is 0 Å². The lowest BCUT2D eigenvalue weighted by molar-refractivity contribution is 0.475. The molecule has 0 aliphatic heterocycles. The van der Waals surface area contributed by atoms with Gasteiger partial charge < -0.3 is 15.4 Å². The zero-order valence-corrected chi connectivity index (χ0v) is 22.2. The molecule has 4 rings (SSSR count). The Hall–Kier alpha value is -3.72. The Morgan fingerprint density at radius 2 is 1.84 bits per heavy atom. The summed E-state index contributed by atoms with van der Waals surface area (Å²) in [4.78, 5) is 39.5. The van der Waals surface area contributed by atoms with Crippen molar-refractivity contribution in [1.82, 2.24) is 19.9 Å². The second kappa shape index (κ2) is 12.5. The lowest BCUT2D eigenvalue weighted by Crippen LogP contribution is -2.21. The third-order valence-corrected chi connectivity index (χ3v) is 6.78. The number of phenols is 1. The Labute approximate surface area is 223 Å². The van der Waals surface area contributed by atoms with Crippen LogP contribution < -0.4 is 16.4 Å². The van der Waals surface area contributed by atoms with Gasteiger partial charge in [-0.2, -0.15) is 0 Å². The molecule has 0 spiro atoms. The van der Waals surface area contributed by atoms with Crippen LogP contribution in [0.3, 0.4) is 0 Å². The molecule has 8 nitrogen and oxygen atoms in total. The zero-order chi connectivity index (χ0) is 26.2. The molecule has 4 aromatic rings. The van der Waals surface area contributed by atoms with Crippen LogP contribution in [0.1, 0.15) is 53.1 Å². The molecule has 0 bridgehead atoms. The average Bonchev–Trinajstić information content (AvgIpc) is 2.87. The number of anilines is 1. The van der Waals surface area contributed by atoms with Crippen LogP contribution in [0.15, 0.2) is 75.1 Å². The first-order chi connectivity index (χ1) is 17.9. The third-order valence-electron chi connectivity index (χ3n) is 6.35. The van der Waals surface area contributed by atoms with Crippen molar-refractivity contribution in [3.05, 3.63) is 114 Å². The number of hydrogen-bond donors (Lipinski definition) is 4. The third kappa shape index (κ3) is 7.39. The molecule has 0 amide bonds. The predicted octanol–water partition coefficient (Wildman–Crippen LogP) is 4.83. The molecule has 1 aromatic carbocycles. The highest BCUT2D eigenvalue weighted by Crippen LogP contribution is 2.27. The molecule has 3 aromatic heterocycles. The molecular weight excluding hydrogens is 534 g/mol. The fourth-order valence-electron chi connectivity index (χ4n) is 4.35. The van der Waals surface area contributed by atoms with Crippen LogP contribution in [0.5, 0.6) is 5.75 Å². The first kappa shape index (κ1) is 26.3. The van der Waals surface area contributed by atoms with Gasteiger partial charge >= 0.3 is 0 Å². The highest BCUT2D eigenvalue weighted by molar-refractivity contribution is 9.10. The van der Waals surface area contributed by atoms with Crippen molar-refractivity contribution < 1.29 is 5.11 Å². The number of unbranched alkanes of at least 4 members (excludes halogenated alkanes) is 1. The second-order valence-corrected chi connectivity index (χ2v) is 9.98. The molecule has 0 radical (unpaired) electrons. The molecule has 0 saturated heterocycles. The molecule has 4 N–H and O–H groups in total. The molecule has 0 saturated carbocycles. The predicted molar refractivity (Wildman–Crippen MR) is 148 cm³/mol. The van der Waals surface area contributed by atoms with E-state index in [0.717, 1.165) is 40.6 Å². The number of hydrogen-bond acceptors (Lipinski definition) is 6. The number of halogens is 1. The van der Waals surface area contributed by atoms with E-state index in [-0.39, 0.29) is 22.8 Å². The van der Waals surface area contributed by atoms with E-state index in [4.69, 9.17) is 0 Å². The van der Waals surface area contributed by atoms with Gasteiger partial charge in [-0.05, 0) is 95.9 Å². The Morgan fingerprint density at radius 3 is 2.57 bits per heavy atom. The molecule has 192 valence electrons. The maximum absolute atomic E-state index is 13.1. The number of aromatic nitrogens is 4. The quantitative estimate of drug-likeness (QED) is 0.194. The zero-order valence-electron chi connectivity index (χ0n) is 20.6. The standard InChI is InChI=1S/C28H30BrN5O3/c1-18-14-21(29)16-32-25(18)4-2-3-12-31-28-33-17-24(27(37)34-28)23(20-11-13-30-26(36)15-20)10-7-19-5-8-22(35)9-6-19/h5-6,8-9,11,13-17,23,35H,2-4,7,10,12H2,1H3,(H,30,36)(H2,31,33,34,37). The molecular formula is C28H30BrN5O3. The molecule has 1 atom stereocenters. The van der Waals surface area contributed by atoms with Crippen molar-refractivity contribution in [2.75, 3.05) is 11.9 Å². The first-order valence-corrected chi connectivity index (χ1v) is 13.1. The van der Waals surface area contributed by atoms with E-state index < -0.39 is 0 Å². The van der Waals surface area contributed by atoms with Gasteiger partial charge in [0, 0.05) is 52.8 Å². The first-order valence-electron chi connectivity index (χ1n) is 12.3. The number of H-pyrrole nitrogens is 2. The van der Waals surface area contributed by atoms with Gasteiger partial charge in [0.15, 0.2) is 0 Å². The summed E-state index contributed by atoms with van der Waals surface area (Å²) in [6.07, 6.45) is 9.05. The van der Waals surface area contributed by atoms with E-state index in [9.17, 15) is 14.7 Å². The Kier molecular flexibility index (Phi) is 8.90. The monoisotopic (exact) mass is 563 g/mol. The molecule has 9 heteroatoms. The van der Waals surface area contributed by atoms with Crippen molar-refractivity contribution in [2.45, 2.75) is 44.9 Å². The lowest BCUT2D eigenvalue weighted by Gasteiger charge is -2.17. The molecule has 3 heterocycles. The molecule has 0 fully saturated rings. The molecule has 1 unspecified atom stereocenters. The number of phenolic OH excluding ortho intramolecular Hbond substituents is 1. The van der Waals surface area contributed by atoms with E-state index in [1.807, 2.05) is 24.4 Å². The number of aromatic amines is 2. The van der Waals surface area contributed by atoms with E-state index in [1.54, 1.807) is 24.5 Å². The van der Waals surface area contributed by atoms with Gasteiger partial charge in [-0.15, -0.1) is 0 Å². The van der Waals surface area contributed by atoms with Crippen LogP contribution >= 0.6 is 15.9 Å². The van der Waals surface area contributed by atoms with E-state index in [1.165, 1.54) is 11.6 Å². The summed E-state index contributed by atoms with van der Waals surface area (Å²) in [5, 5.41) is 12.7. The van der Waals surface area contributed by atoms with Gasteiger partial charge in [0.25, 0.3) is 5.56 Å². The highest BCUT2D eigenvalue weighted by atomic mass is 79.9. The summed E-state index contributed by atoms with van der Waals surface area (Å²) >= 11 is 3.44. The largest absolute Gasteiger partial charge is 0.508 e. The summed E-state index contributed by atoms with van der Waals surface area (Å²) in [6.45, 7) is 2.74. The Morgan fingerprint density at radius 1 is 1.03 bits per heavy atom. The number of benzene rings is 1. The SMILES string of the molecule is Cc1cc(Br)cnc1CCCCNc1ncc(C(CCc2ccc(O)cc2)c2cc[nH]c(=O)c2)c(=O)[nH]1. The normalized spacial score (nSPS) is 11.8. The van der Waals surface area contributed by atoms with Gasteiger partial charge in [-0.1, -0.05) is 12.1 Å². The summed E-state index contributed by atoms with van der Waals surface area (Å²) < 4.78 is 0.982. The Bertz CT molecular complexity index is 1450. The van der Waals surface area contributed by atoms with Gasteiger partial charge in [-0.3, -0.25) is 19.6 Å². The average molecular weight is 564 g/mol. The van der Waals surface area contributed by atoms with Crippen molar-refractivity contribution in [3.63, 3.8) is 0 Å². The van der Waals surface area contributed by atoms with Crippen LogP contribution in [-0.2, 0) is 12.8 Å². The van der Waals surface area contributed by atoms with E-state index in [0.29, 0.717) is 30.9 Å². The number of pyridine rings is 2. The molecule has 37 heavy (non-hydrogen) atoms. The summed E-state index contributed by atoms with van der Waals surface area (Å²) in [6, 6.07) is 12.4. The summed E-state index contributed by atoms with van der Waals surface area (Å²) in [5.41, 5.74) is 4.11. The number of aromatic hydroxyl groups is 1. The van der Waals surface area contributed by atoms with Crippen LogP contribution in [0.25, 0.3) is 0 Å². The fourth-order valence-corrected chi connectivity index (χ4v) is 4.80. The number of nitrogens with zero attached hydrogens (tertiary/aromatic N) is 2. The second-order valence-electron chi connectivity index (χ2n) is 9.06. The number of rotatable bonds is 11. The fraction of sp³-hybridized carbons (Fsp3) is 0.286. The summed E-state index contributed by atoms with van der Waals surface area (Å²) in [7, 11) is 0. The maximum Gasteiger partial charge on any atom is 0.256 e. The maximum atomic E-state index is 13.1. The minimum absolute atomic E-state index is 0.207. The van der Waals surface area contributed by atoms with E-state index in [2.05, 4.69) is 54.2 Å².